The van der Waals surface area contributed by atoms with E-state index in [0.717, 1.165) is 27.4 Å². The summed E-state index contributed by atoms with van der Waals surface area (Å²) >= 11 is 1.64. The summed E-state index contributed by atoms with van der Waals surface area (Å²) in [7, 11) is 1.80. The second-order valence-electron chi connectivity index (χ2n) is 7.70. The standard InChI is InChI=1S/C26H22N4O2S/c1-29(24(31)15-21-18-32-26(27-21)19-9-4-2-5-10-19)16-20-17-30(22-11-6-3-7-12-22)28-25(20)23-13-8-14-33-23/h2-14,17-18H,15-16H2,1H3. The van der Waals surface area contributed by atoms with Crippen LogP contribution in [0.1, 0.15) is 11.3 Å². The molecule has 0 aliphatic heterocycles. The van der Waals surface area contributed by atoms with Crippen molar-refractivity contribution in [3.05, 3.63) is 102 Å². The third-order valence-electron chi connectivity index (χ3n) is 5.30. The van der Waals surface area contributed by atoms with Crippen LogP contribution in [0.25, 0.3) is 27.7 Å². The Morgan fingerprint density at radius 2 is 1.79 bits per heavy atom. The molecule has 6 nitrogen and oxygen atoms in total. The molecule has 0 saturated heterocycles. The lowest BCUT2D eigenvalue weighted by Crippen LogP contribution is -2.27. The summed E-state index contributed by atoms with van der Waals surface area (Å²) in [5.41, 5.74) is 4.36. The normalized spacial score (nSPS) is 10.9. The number of oxazole rings is 1. The van der Waals surface area contributed by atoms with Gasteiger partial charge in [-0.3, -0.25) is 4.79 Å². The van der Waals surface area contributed by atoms with Gasteiger partial charge in [0.1, 0.15) is 12.0 Å². The van der Waals surface area contributed by atoms with Crippen molar-refractivity contribution in [3.63, 3.8) is 0 Å². The number of nitrogens with zero attached hydrogens (tertiary/aromatic N) is 4. The first-order chi connectivity index (χ1) is 16.2. The van der Waals surface area contributed by atoms with Crippen molar-refractivity contribution in [2.45, 2.75) is 13.0 Å². The Balaban J connectivity index is 1.34. The fourth-order valence-electron chi connectivity index (χ4n) is 3.59. The first-order valence-corrected chi connectivity index (χ1v) is 11.5. The Bertz CT molecular complexity index is 1340. The molecule has 0 bridgehead atoms. The minimum Gasteiger partial charge on any atom is -0.444 e. The predicted octanol–water partition coefficient (Wildman–Crippen LogP) is 5.46. The highest BCUT2D eigenvalue weighted by molar-refractivity contribution is 7.13. The summed E-state index contributed by atoms with van der Waals surface area (Å²) in [6, 6.07) is 23.7. The van der Waals surface area contributed by atoms with Crippen molar-refractivity contribution < 1.29 is 9.21 Å². The Hall–Kier alpha value is -3.97. The predicted molar refractivity (Wildman–Crippen MR) is 129 cm³/mol. The second kappa shape index (κ2) is 9.26. The Morgan fingerprint density at radius 3 is 2.52 bits per heavy atom. The molecule has 1 amide bonds. The lowest BCUT2D eigenvalue weighted by Gasteiger charge is -2.16. The Labute approximate surface area is 195 Å². The molecule has 0 radical (unpaired) electrons. The van der Waals surface area contributed by atoms with Crippen molar-refractivity contribution in [1.29, 1.82) is 0 Å². The van der Waals surface area contributed by atoms with Gasteiger partial charge >= 0.3 is 0 Å². The molecule has 0 aliphatic rings. The fraction of sp³-hybridized carbons (Fsp3) is 0.115. The zero-order chi connectivity index (χ0) is 22.6. The van der Waals surface area contributed by atoms with Crippen molar-refractivity contribution in [1.82, 2.24) is 19.7 Å². The molecule has 3 aromatic heterocycles. The molecule has 164 valence electrons. The van der Waals surface area contributed by atoms with Crippen LogP contribution in [0.4, 0.5) is 0 Å². The lowest BCUT2D eigenvalue weighted by molar-refractivity contribution is -0.129. The maximum absolute atomic E-state index is 13.0. The van der Waals surface area contributed by atoms with E-state index in [2.05, 4.69) is 4.98 Å². The third-order valence-corrected chi connectivity index (χ3v) is 6.18. The van der Waals surface area contributed by atoms with Crippen LogP contribution >= 0.6 is 11.3 Å². The number of rotatable bonds is 7. The largest absolute Gasteiger partial charge is 0.444 e. The molecule has 0 aliphatic carbocycles. The quantitative estimate of drug-likeness (QED) is 0.328. The minimum atomic E-state index is -0.0347. The van der Waals surface area contributed by atoms with Crippen LogP contribution in [0.15, 0.2) is 95.1 Å². The Morgan fingerprint density at radius 1 is 1.03 bits per heavy atom. The number of hydrogen-bond donors (Lipinski definition) is 0. The first kappa shape index (κ1) is 20.9. The average Bonchev–Trinajstić information content (AvgIpc) is 3.61. The number of benzene rings is 2. The summed E-state index contributed by atoms with van der Waals surface area (Å²) in [5, 5.41) is 6.85. The van der Waals surface area contributed by atoms with Gasteiger partial charge in [-0.1, -0.05) is 42.5 Å². The molecule has 0 unspecified atom stereocenters. The summed E-state index contributed by atoms with van der Waals surface area (Å²) in [5.74, 6) is 0.484. The van der Waals surface area contributed by atoms with Gasteiger partial charge in [0.15, 0.2) is 0 Å². The van der Waals surface area contributed by atoms with Gasteiger partial charge in [-0.2, -0.15) is 5.10 Å². The van der Waals surface area contributed by atoms with Gasteiger partial charge in [0, 0.05) is 30.9 Å². The molecule has 0 N–H and O–H groups in total. The monoisotopic (exact) mass is 454 g/mol. The van der Waals surface area contributed by atoms with Gasteiger partial charge in [0.2, 0.25) is 11.8 Å². The van der Waals surface area contributed by atoms with E-state index >= 15 is 0 Å². The van der Waals surface area contributed by atoms with E-state index in [1.54, 1.807) is 29.5 Å². The van der Waals surface area contributed by atoms with Crippen molar-refractivity contribution in [2.24, 2.45) is 0 Å². The van der Waals surface area contributed by atoms with Crippen molar-refractivity contribution in [2.75, 3.05) is 7.05 Å². The molecule has 5 rings (SSSR count). The van der Waals surface area contributed by atoms with Crippen LogP contribution in [0.5, 0.6) is 0 Å². The van der Waals surface area contributed by atoms with Crippen LogP contribution < -0.4 is 0 Å². The fourth-order valence-corrected chi connectivity index (χ4v) is 4.34. The molecule has 33 heavy (non-hydrogen) atoms. The van der Waals surface area contributed by atoms with E-state index in [1.807, 2.05) is 89.1 Å². The highest BCUT2D eigenvalue weighted by atomic mass is 32.1. The summed E-state index contributed by atoms with van der Waals surface area (Å²) in [4.78, 5) is 20.2. The maximum Gasteiger partial charge on any atom is 0.228 e. The summed E-state index contributed by atoms with van der Waals surface area (Å²) in [6.07, 6.45) is 3.73. The number of carbonyl (C=O) groups is 1. The van der Waals surface area contributed by atoms with E-state index in [4.69, 9.17) is 9.52 Å². The van der Waals surface area contributed by atoms with Crippen molar-refractivity contribution in [3.8, 4) is 27.7 Å². The molecular formula is C26H22N4O2S. The highest BCUT2D eigenvalue weighted by Gasteiger charge is 2.19. The van der Waals surface area contributed by atoms with E-state index in [0.29, 0.717) is 18.1 Å². The van der Waals surface area contributed by atoms with Crippen LogP contribution in [0.2, 0.25) is 0 Å². The topological polar surface area (TPSA) is 64.2 Å². The van der Waals surface area contributed by atoms with E-state index in [-0.39, 0.29) is 12.3 Å². The number of para-hydroxylation sites is 1. The minimum absolute atomic E-state index is 0.0347. The molecule has 7 heteroatoms. The van der Waals surface area contributed by atoms with Gasteiger partial charge in [0.25, 0.3) is 0 Å². The molecule has 2 aromatic carbocycles. The molecule has 0 saturated carbocycles. The molecule has 3 heterocycles. The molecule has 0 spiro atoms. The number of aromatic nitrogens is 3. The van der Waals surface area contributed by atoms with E-state index in [9.17, 15) is 4.79 Å². The SMILES string of the molecule is CN(Cc1cn(-c2ccccc2)nc1-c1cccs1)C(=O)Cc1coc(-c2ccccc2)n1. The number of thiophene rings is 1. The number of hydrogen-bond acceptors (Lipinski definition) is 5. The lowest BCUT2D eigenvalue weighted by atomic mass is 10.2. The van der Waals surface area contributed by atoms with Gasteiger partial charge in [-0.15, -0.1) is 11.3 Å². The van der Waals surface area contributed by atoms with Crippen LogP contribution in [0.3, 0.4) is 0 Å². The molecule has 0 atom stereocenters. The number of carbonyl (C=O) groups excluding carboxylic acids is 1. The zero-order valence-corrected chi connectivity index (χ0v) is 18.9. The second-order valence-corrected chi connectivity index (χ2v) is 8.64. The average molecular weight is 455 g/mol. The van der Waals surface area contributed by atoms with E-state index < -0.39 is 0 Å². The van der Waals surface area contributed by atoms with Crippen LogP contribution in [-0.4, -0.2) is 32.6 Å². The van der Waals surface area contributed by atoms with Crippen LogP contribution in [0, 0.1) is 0 Å². The number of amides is 1. The first-order valence-electron chi connectivity index (χ1n) is 10.6. The van der Waals surface area contributed by atoms with Gasteiger partial charge in [-0.25, -0.2) is 9.67 Å². The van der Waals surface area contributed by atoms with Gasteiger partial charge < -0.3 is 9.32 Å². The summed E-state index contributed by atoms with van der Waals surface area (Å²) < 4.78 is 7.44. The van der Waals surface area contributed by atoms with Gasteiger partial charge in [-0.05, 0) is 35.7 Å². The van der Waals surface area contributed by atoms with Gasteiger partial charge in [0.05, 0.1) is 22.7 Å². The third kappa shape index (κ3) is 4.63. The number of likely N-dealkylation sites (N-methyl/N-ethyl adjacent to an activating group) is 1. The molecule has 0 fully saturated rings. The summed E-state index contributed by atoms with van der Waals surface area (Å²) in [6.45, 7) is 0.447. The highest BCUT2D eigenvalue weighted by Crippen LogP contribution is 2.28. The smallest absolute Gasteiger partial charge is 0.228 e. The van der Waals surface area contributed by atoms with Crippen LogP contribution in [-0.2, 0) is 17.8 Å². The zero-order valence-electron chi connectivity index (χ0n) is 18.1. The maximum atomic E-state index is 13.0. The Kier molecular flexibility index (Phi) is 5.87. The molecular weight excluding hydrogens is 432 g/mol. The van der Waals surface area contributed by atoms with Crippen molar-refractivity contribution >= 4 is 17.2 Å². The van der Waals surface area contributed by atoms with E-state index in [1.165, 1.54) is 0 Å². The molecule has 5 aromatic rings.